The van der Waals surface area contributed by atoms with E-state index in [1.807, 2.05) is 96.1 Å². The molecular formula is C32H44N2O7. The summed E-state index contributed by atoms with van der Waals surface area (Å²) in [7, 11) is 0. The molecule has 0 aromatic heterocycles. The first kappa shape index (κ1) is 31.8. The minimum atomic E-state index is -0.626. The molecule has 224 valence electrons. The molecule has 9 nitrogen and oxygen atoms in total. The molecule has 3 rings (SSSR count). The number of alkyl carbamates (subject to hydrolysis) is 1. The van der Waals surface area contributed by atoms with Gasteiger partial charge < -0.3 is 29.2 Å². The number of carbonyl (C=O) groups excluding carboxylic acids is 3. The van der Waals surface area contributed by atoms with Gasteiger partial charge in [0.05, 0.1) is 12.5 Å². The van der Waals surface area contributed by atoms with Crippen LogP contribution in [0.4, 0.5) is 9.59 Å². The Morgan fingerprint density at radius 3 is 2.29 bits per heavy atom. The van der Waals surface area contributed by atoms with E-state index in [-0.39, 0.29) is 37.7 Å². The van der Waals surface area contributed by atoms with Crippen LogP contribution < -0.4 is 10.1 Å². The lowest BCUT2D eigenvalue weighted by molar-refractivity contribution is -0.162. The van der Waals surface area contributed by atoms with E-state index in [0.717, 1.165) is 11.1 Å². The van der Waals surface area contributed by atoms with Crippen LogP contribution >= 0.6 is 0 Å². The number of nitrogens with one attached hydrogen (secondary N) is 1. The molecule has 0 bridgehead atoms. The van der Waals surface area contributed by atoms with E-state index < -0.39 is 23.2 Å². The summed E-state index contributed by atoms with van der Waals surface area (Å²) >= 11 is 0. The Labute approximate surface area is 243 Å². The van der Waals surface area contributed by atoms with Crippen molar-refractivity contribution >= 4 is 18.2 Å². The average molecular weight is 569 g/mol. The maximum Gasteiger partial charge on any atom is 0.410 e. The molecule has 1 aliphatic rings. The third-order valence-corrected chi connectivity index (χ3v) is 6.36. The van der Waals surface area contributed by atoms with Crippen LogP contribution in [0.1, 0.15) is 59.1 Å². The van der Waals surface area contributed by atoms with Gasteiger partial charge in [-0.15, -0.1) is 0 Å². The Bertz CT molecular complexity index is 1150. The van der Waals surface area contributed by atoms with E-state index in [9.17, 15) is 14.4 Å². The number of nitrogens with zero attached hydrogens (tertiary/aromatic N) is 1. The summed E-state index contributed by atoms with van der Waals surface area (Å²) < 4.78 is 22.4. The quantitative estimate of drug-likeness (QED) is 0.221. The number of benzene rings is 2. The molecule has 1 fully saturated rings. The summed E-state index contributed by atoms with van der Waals surface area (Å²) in [5.41, 5.74) is 0.622. The number of ether oxygens (including phenoxy) is 4. The molecule has 1 aliphatic heterocycles. The lowest BCUT2D eigenvalue weighted by Gasteiger charge is -2.28. The standard InChI is InChI=1S/C32H44N2O7/c1-31(2,3)40-28(35)27(25-15-17-34(21-25)30(37)41-32(4,5)6)20-24-13-10-14-26(19-24)38-18-16-33-29(36)39-22-23-11-8-7-9-12-23/h7-14,19,25,27H,15-18,20-22H2,1-6H3,(H,33,36)/t25-,27+/m0/s1. The van der Waals surface area contributed by atoms with Gasteiger partial charge in [-0.2, -0.15) is 0 Å². The van der Waals surface area contributed by atoms with Crippen LogP contribution in [0.3, 0.4) is 0 Å². The van der Waals surface area contributed by atoms with Crippen molar-refractivity contribution in [1.29, 1.82) is 0 Å². The molecule has 1 saturated heterocycles. The monoisotopic (exact) mass is 568 g/mol. The van der Waals surface area contributed by atoms with Gasteiger partial charge in [0.1, 0.15) is 30.2 Å². The average Bonchev–Trinajstić information content (AvgIpc) is 3.38. The van der Waals surface area contributed by atoms with Crippen molar-refractivity contribution in [3.63, 3.8) is 0 Å². The van der Waals surface area contributed by atoms with E-state index in [4.69, 9.17) is 18.9 Å². The molecule has 0 aliphatic carbocycles. The molecule has 0 spiro atoms. The highest BCUT2D eigenvalue weighted by molar-refractivity contribution is 5.74. The summed E-state index contributed by atoms with van der Waals surface area (Å²) in [6, 6.07) is 17.0. The molecule has 1 N–H and O–H groups in total. The van der Waals surface area contributed by atoms with Crippen LogP contribution in [-0.4, -0.2) is 60.5 Å². The van der Waals surface area contributed by atoms with Crippen LogP contribution in [-0.2, 0) is 32.0 Å². The normalized spacial score (nSPS) is 16.0. The molecule has 2 aromatic carbocycles. The molecule has 0 radical (unpaired) electrons. The van der Waals surface area contributed by atoms with Crippen LogP contribution in [0.5, 0.6) is 5.75 Å². The first-order valence-corrected chi connectivity index (χ1v) is 14.2. The highest BCUT2D eigenvalue weighted by Gasteiger charge is 2.39. The van der Waals surface area contributed by atoms with Crippen molar-refractivity contribution in [1.82, 2.24) is 10.2 Å². The third kappa shape index (κ3) is 11.3. The fraction of sp³-hybridized carbons (Fsp3) is 0.531. The summed E-state index contributed by atoms with van der Waals surface area (Å²) in [5.74, 6) is -0.143. The molecule has 2 amide bonds. The fourth-order valence-electron chi connectivity index (χ4n) is 4.54. The van der Waals surface area contributed by atoms with Crippen molar-refractivity contribution in [2.45, 2.75) is 72.2 Å². The third-order valence-electron chi connectivity index (χ3n) is 6.36. The van der Waals surface area contributed by atoms with E-state index in [2.05, 4.69) is 5.32 Å². The zero-order valence-corrected chi connectivity index (χ0v) is 25.1. The summed E-state index contributed by atoms with van der Waals surface area (Å²) in [5, 5.41) is 2.68. The molecule has 41 heavy (non-hydrogen) atoms. The second kappa shape index (κ2) is 14.2. The van der Waals surface area contributed by atoms with E-state index in [0.29, 0.717) is 31.7 Å². The summed E-state index contributed by atoms with van der Waals surface area (Å²) in [6.45, 7) is 12.8. The largest absolute Gasteiger partial charge is 0.492 e. The summed E-state index contributed by atoms with van der Waals surface area (Å²) in [4.78, 5) is 39.6. The van der Waals surface area contributed by atoms with Gasteiger partial charge in [-0.1, -0.05) is 42.5 Å². The lowest BCUT2D eigenvalue weighted by atomic mass is 9.86. The molecule has 1 heterocycles. The molecule has 9 heteroatoms. The van der Waals surface area contributed by atoms with Gasteiger partial charge >= 0.3 is 18.2 Å². The van der Waals surface area contributed by atoms with Gasteiger partial charge in [0, 0.05) is 13.1 Å². The van der Waals surface area contributed by atoms with Crippen LogP contribution in [0.25, 0.3) is 0 Å². The van der Waals surface area contributed by atoms with Gasteiger partial charge in [0.15, 0.2) is 0 Å². The minimum Gasteiger partial charge on any atom is -0.492 e. The number of amides is 2. The van der Waals surface area contributed by atoms with Crippen molar-refractivity contribution in [3.05, 3.63) is 65.7 Å². The van der Waals surface area contributed by atoms with Crippen LogP contribution in [0.2, 0.25) is 0 Å². The molecule has 0 saturated carbocycles. The fourth-order valence-corrected chi connectivity index (χ4v) is 4.54. The number of esters is 1. The first-order valence-electron chi connectivity index (χ1n) is 14.2. The zero-order chi connectivity index (χ0) is 30.0. The second-order valence-electron chi connectivity index (χ2n) is 12.3. The van der Waals surface area contributed by atoms with Gasteiger partial charge in [0.25, 0.3) is 0 Å². The maximum absolute atomic E-state index is 13.3. The molecule has 0 unspecified atom stereocenters. The van der Waals surface area contributed by atoms with Crippen molar-refractivity contribution < 1.29 is 33.3 Å². The van der Waals surface area contributed by atoms with Crippen LogP contribution in [0, 0.1) is 11.8 Å². The number of carbonyl (C=O) groups is 3. The number of likely N-dealkylation sites (tertiary alicyclic amines) is 1. The molecule has 2 aromatic rings. The van der Waals surface area contributed by atoms with Crippen molar-refractivity contribution in [2.75, 3.05) is 26.2 Å². The second-order valence-corrected chi connectivity index (χ2v) is 12.3. The minimum absolute atomic E-state index is 0.0620. The Kier molecular flexibility index (Phi) is 11.0. The Morgan fingerprint density at radius 1 is 0.927 bits per heavy atom. The van der Waals surface area contributed by atoms with Crippen molar-refractivity contribution in [3.8, 4) is 5.75 Å². The van der Waals surface area contributed by atoms with Gasteiger partial charge in [0.2, 0.25) is 0 Å². The first-order chi connectivity index (χ1) is 19.3. The Morgan fingerprint density at radius 2 is 1.61 bits per heavy atom. The highest BCUT2D eigenvalue weighted by Crippen LogP contribution is 2.31. The van der Waals surface area contributed by atoms with Gasteiger partial charge in [-0.25, -0.2) is 9.59 Å². The highest BCUT2D eigenvalue weighted by atomic mass is 16.6. The maximum atomic E-state index is 13.3. The predicted molar refractivity (Wildman–Crippen MR) is 156 cm³/mol. The van der Waals surface area contributed by atoms with E-state index in [1.54, 1.807) is 4.90 Å². The smallest absolute Gasteiger partial charge is 0.410 e. The van der Waals surface area contributed by atoms with E-state index in [1.165, 1.54) is 0 Å². The predicted octanol–water partition coefficient (Wildman–Crippen LogP) is 5.75. The SMILES string of the molecule is CC(C)(C)OC(=O)[C@H](Cc1cccc(OCCNC(=O)OCc2ccccc2)c1)[C@H]1CCN(C(=O)OC(C)(C)C)C1. The van der Waals surface area contributed by atoms with Crippen LogP contribution in [0.15, 0.2) is 54.6 Å². The molecule has 2 atom stereocenters. The number of hydrogen-bond acceptors (Lipinski definition) is 7. The molecular weight excluding hydrogens is 524 g/mol. The zero-order valence-electron chi connectivity index (χ0n) is 25.1. The number of rotatable bonds is 10. The van der Waals surface area contributed by atoms with E-state index >= 15 is 0 Å². The Balaban J connectivity index is 1.56. The van der Waals surface area contributed by atoms with Gasteiger partial charge in [-0.05, 0) is 83.6 Å². The topological polar surface area (TPSA) is 103 Å². The Hall–Kier alpha value is -3.75. The summed E-state index contributed by atoms with van der Waals surface area (Å²) in [6.07, 6.45) is 0.258. The lowest BCUT2D eigenvalue weighted by Crippen LogP contribution is -2.38. The van der Waals surface area contributed by atoms with Crippen molar-refractivity contribution in [2.24, 2.45) is 11.8 Å². The number of hydrogen-bond donors (Lipinski definition) is 1. The van der Waals surface area contributed by atoms with Gasteiger partial charge in [-0.3, -0.25) is 4.79 Å².